The van der Waals surface area contributed by atoms with Gasteiger partial charge in [-0.2, -0.15) is 0 Å². The van der Waals surface area contributed by atoms with E-state index in [1.165, 1.54) is 60.7 Å². The fourth-order valence-corrected chi connectivity index (χ4v) is 4.31. The molecule has 0 fully saturated rings. The standard InChI is InChI=1S/C12H12.2C10H11N/c1-9-7-11-5-3-4-6-12(11)8-10(9)2;1-8-7-9-5-3-4-6-10(9)11(8)2;1-7-8(2)11-10-6-4-3-5-9(7)10/h3-8H,1-2H3;3-7H,1-2H3;3-6,11H,1-2H3. The Morgan fingerprint density at radius 2 is 1.12 bits per heavy atom. The third-order valence-electron chi connectivity index (χ3n) is 6.77. The lowest BCUT2D eigenvalue weighted by Crippen LogP contribution is -1.88. The largest absolute Gasteiger partial charge is 0.358 e. The summed E-state index contributed by atoms with van der Waals surface area (Å²) in [5.74, 6) is 0. The average Bonchev–Trinajstić information content (AvgIpc) is 3.30. The number of hydrogen-bond donors (Lipinski definition) is 1. The van der Waals surface area contributed by atoms with E-state index >= 15 is 0 Å². The van der Waals surface area contributed by atoms with E-state index in [1.54, 1.807) is 0 Å². The Morgan fingerprint density at radius 3 is 1.71 bits per heavy atom. The summed E-state index contributed by atoms with van der Waals surface area (Å²) in [5, 5.41) is 5.33. The smallest absolute Gasteiger partial charge is 0.0479 e. The quantitative estimate of drug-likeness (QED) is 0.241. The molecule has 2 nitrogen and oxygen atoms in total. The summed E-state index contributed by atoms with van der Waals surface area (Å²) in [4.78, 5) is 3.33. The van der Waals surface area contributed by atoms with E-state index < -0.39 is 0 Å². The molecular formula is C32H34N2. The van der Waals surface area contributed by atoms with Gasteiger partial charge in [0.1, 0.15) is 0 Å². The minimum absolute atomic E-state index is 1.24. The second-order valence-electron chi connectivity index (χ2n) is 9.11. The van der Waals surface area contributed by atoms with E-state index in [1.807, 2.05) is 0 Å². The molecule has 0 saturated carbocycles. The third-order valence-corrected chi connectivity index (χ3v) is 6.77. The fraction of sp³-hybridized carbons (Fsp3) is 0.188. The molecule has 0 bridgehead atoms. The highest BCUT2D eigenvalue weighted by molar-refractivity contribution is 5.85. The Kier molecular flexibility index (Phi) is 6.88. The van der Waals surface area contributed by atoms with Gasteiger partial charge < -0.3 is 9.55 Å². The number of benzene rings is 4. The van der Waals surface area contributed by atoms with E-state index in [9.17, 15) is 0 Å². The molecule has 172 valence electrons. The first-order chi connectivity index (χ1) is 16.3. The molecule has 0 amide bonds. The van der Waals surface area contributed by atoms with Gasteiger partial charge >= 0.3 is 0 Å². The highest BCUT2D eigenvalue weighted by atomic mass is 14.9. The van der Waals surface area contributed by atoms with Crippen LogP contribution in [0.3, 0.4) is 0 Å². The molecule has 34 heavy (non-hydrogen) atoms. The lowest BCUT2D eigenvalue weighted by Gasteiger charge is -2.02. The lowest BCUT2D eigenvalue weighted by molar-refractivity contribution is 0.918. The van der Waals surface area contributed by atoms with Gasteiger partial charge in [0, 0.05) is 34.9 Å². The first kappa shape index (κ1) is 23.4. The highest BCUT2D eigenvalue weighted by Gasteiger charge is 2.01. The number of nitrogens with zero attached hydrogens (tertiary/aromatic N) is 1. The van der Waals surface area contributed by atoms with Crippen LogP contribution >= 0.6 is 0 Å². The van der Waals surface area contributed by atoms with Gasteiger partial charge in [0.05, 0.1) is 0 Å². The second kappa shape index (κ2) is 10.0. The van der Waals surface area contributed by atoms with Crippen LogP contribution in [-0.2, 0) is 7.05 Å². The third kappa shape index (κ3) is 4.92. The van der Waals surface area contributed by atoms with Gasteiger partial charge in [-0.1, -0.05) is 72.8 Å². The van der Waals surface area contributed by atoms with Crippen molar-refractivity contribution >= 4 is 32.6 Å². The van der Waals surface area contributed by atoms with E-state index in [2.05, 4.69) is 142 Å². The molecule has 6 aromatic rings. The number of fused-ring (bicyclic) bond motifs is 3. The molecule has 6 rings (SSSR count). The van der Waals surface area contributed by atoms with Crippen LogP contribution < -0.4 is 0 Å². The minimum atomic E-state index is 1.24. The van der Waals surface area contributed by atoms with Gasteiger partial charge in [0.15, 0.2) is 0 Å². The molecule has 2 aromatic heterocycles. The van der Waals surface area contributed by atoms with Crippen molar-refractivity contribution in [1.29, 1.82) is 0 Å². The minimum Gasteiger partial charge on any atom is -0.358 e. The Hall–Kier alpha value is -3.78. The second-order valence-corrected chi connectivity index (χ2v) is 9.11. The maximum Gasteiger partial charge on any atom is 0.0479 e. The van der Waals surface area contributed by atoms with Crippen LogP contribution in [0.2, 0.25) is 0 Å². The van der Waals surface area contributed by atoms with Crippen molar-refractivity contribution in [2.45, 2.75) is 34.6 Å². The predicted octanol–water partition coefficient (Wildman–Crippen LogP) is 8.73. The van der Waals surface area contributed by atoms with E-state index in [-0.39, 0.29) is 0 Å². The van der Waals surface area contributed by atoms with Gasteiger partial charge in [-0.3, -0.25) is 0 Å². The highest BCUT2D eigenvalue weighted by Crippen LogP contribution is 2.20. The molecule has 1 N–H and O–H groups in total. The number of aromatic amines is 1. The summed E-state index contributed by atoms with van der Waals surface area (Å²) < 4.78 is 2.20. The molecule has 0 radical (unpaired) electrons. The van der Waals surface area contributed by atoms with Gasteiger partial charge in [0.2, 0.25) is 0 Å². The molecule has 0 saturated heterocycles. The van der Waals surface area contributed by atoms with Crippen LogP contribution in [0.4, 0.5) is 0 Å². The zero-order valence-corrected chi connectivity index (χ0v) is 21.1. The molecular weight excluding hydrogens is 412 g/mol. The molecule has 0 unspecified atom stereocenters. The number of aromatic nitrogens is 2. The number of nitrogens with one attached hydrogen (secondary N) is 1. The monoisotopic (exact) mass is 446 g/mol. The summed E-state index contributed by atoms with van der Waals surface area (Å²) in [6.07, 6.45) is 0. The first-order valence-electron chi connectivity index (χ1n) is 11.9. The number of aryl methyl sites for hydroxylation is 6. The fourth-order valence-electron chi connectivity index (χ4n) is 4.31. The normalized spacial score (nSPS) is 10.6. The van der Waals surface area contributed by atoms with Crippen LogP contribution in [0, 0.1) is 34.6 Å². The Labute approximate surface area is 202 Å². The van der Waals surface area contributed by atoms with Gasteiger partial charge in [-0.05, 0) is 85.7 Å². The zero-order chi connectivity index (χ0) is 24.2. The SMILES string of the molecule is Cc1[nH]c2ccccc2c1C.Cc1cc2ccccc2cc1C.Cc1cc2ccccc2n1C. The lowest BCUT2D eigenvalue weighted by atomic mass is 10.0. The average molecular weight is 447 g/mol. The number of para-hydroxylation sites is 2. The van der Waals surface area contributed by atoms with E-state index in [0.717, 1.165) is 0 Å². The number of rotatable bonds is 0. The van der Waals surface area contributed by atoms with Gasteiger partial charge in [-0.15, -0.1) is 0 Å². The van der Waals surface area contributed by atoms with Crippen LogP contribution in [0.15, 0.2) is 91.0 Å². The van der Waals surface area contributed by atoms with Crippen molar-refractivity contribution in [3.63, 3.8) is 0 Å². The van der Waals surface area contributed by atoms with Crippen LogP contribution in [-0.4, -0.2) is 9.55 Å². The van der Waals surface area contributed by atoms with Crippen molar-refractivity contribution in [1.82, 2.24) is 9.55 Å². The number of H-pyrrole nitrogens is 1. The van der Waals surface area contributed by atoms with Crippen molar-refractivity contribution in [3.05, 3.63) is 119 Å². The maximum atomic E-state index is 3.33. The Balaban J connectivity index is 0.000000121. The molecule has 2 heteroatoms. The molecule has 0 spiro atoms. The summed E-state index contributed by atoms with van der Waals surface area (Å²) >= 11 is 0. The number of hydrogen-bond acceptors (Lipinski definition) is 0. The molecule has 0 atom stereocenters. The molecule has 0 aliphatic carbocycles. The van der Waals surface area contributed by atoms with E-state index in [0.29, 0.717) is 0 Å². The van der Waals surface area contributed by atoms with Crippen molar-refractivity contribution in [2.24, 2.45) is 7.05 Å². The first-order valence-corrected chi connectivity index (χ1v) is 11.9. The zero-order valence-electron chi connectivity index (χ0n) is 21.1. The van der Waals surface area contributed by atoms with Crippen molar-refractivity contribution in [3.8, 4) is 0 Å². The van der Waals surface area contributed by atoms with E-state index in [4.69, 9.17) is 0 Å². The topological polar surface area (TPSA) is 20.7 Å². The maximum absolute atomic E-state index is 3.33. The van der Waals surface area contributed by atoms with Gasteiger partial charge in [0.25, 0.3) is 0 Å². The molecule has 0 aliphatic heterocycles. The Bertz CT molecular complexity index is 1440. The summed E-state index contributed by atoms with van der Waals surface area (Å²) in [5.41, 5.74) is 9.23. The summed E-state index contributed by atoms with van der Waals surface area (Å²) in [6.45, 7) is 10.7. The molecule has 2 heterocycles. The summed E-state index contributed by atoms with van der Waals surface area (Å²) in [6, 6.07) is 32.0. The van der Waals surface area contributed by atoms with Gasteiger partial charge in [-0.25, -0.2) is 0 Å². The van der Waals surface area contributed by atoms with Crippen LogP contribution in [0.5, 0.6) is 0 Å². The van der Waals surface area contributed by atoms with Crippen molar-refractivity contribution in [2.75, 3.05) is 0 Å². The molecule has 4 aromatic carbocycles. The van der Waals surface area contributed by atoms with Crippen molar-refractivity contribution < 1.29 is 0 Å². The Morgan fingerprint density at radius 1 is 0.588 bits per heavy atom. The molecule has 0 aliphatic rings. The van der Waals surface area contributed by atoms with Crippen LogP contribution in [0.25, 0.3) is 32.6 Å². The predicted molar refractivity (Wildman–Crippen MR) is 149 cm³/mol. The van der Waals surface area contributed by atoms with Crippen LogP contribution in [0.1, 0.15) is 28.1 Å². The summed E-state index contributed by atoms with van der Waals surface area (Å²) in [7, 11) is 2.09.